The highest BCUT2D eigenvalue weighted by atomic mass is 35.5. The Kier molecular flexibility index (Phi) is 6.63. The number of ether oxygens (including phenoxy) is 2. The predicted octanol–water partition coefficient (Wildman–Crippen LogP) is 4.54. The number of carbonyl (C=O) groups excluding carboxylic acids is 1. The van der Waals surface area contributed by atoms with Crippen molar-refractivity contribution in [2.24, 2.45) is 4.99 Å². The van der Waals surface area contributed by atoms with Gasteiger partial charge in [-0.1, -0.05) is 23.4 Å². The second kappa shape index (κ2) is 9.15. The minimum absolute atomic E-state index is 0.0745. The van der Waals surface area contributed by atoms with Crippen molar-refractivity contribution in [3.63, 3.8) is 0 Å². The smallest absolute Gasteiger partial charge is 0.186 e. The molecular formula is C20H21ClN2O3S. The second-order valence-electron chi connectivity index (χ2n) is 5.92. The van der Waals surface area contributed by atoms with E-state index >= 15 is 0 Å². The van der Waals surface area contributed by atoms with Crippen molar-refractivity contribution >= 4 is 40.0 Å². The van der Waals surface area contributed by atoms with E-state index in [-0.39, 0.29) is 12.3 Å². The van der Waals surface area contributed by atoms with Crippen LogP contribution in [0.15, 0.2) is 47.5 Å². The number of rotatable bonds is 6. The zero-order valence-corrected chi connectivity index (χ0v) is 16.8. The molecule has 0 saturated carbocycles. The number of benzene rings is 2. The molecule has 0 bridgehead atoms. The summed E-state index contributed by atoms with van der Waals surface area (Å²) in [6.45, 7) is 0.917. The third kappa shape index (κ3) is 4.76. The first kappa shape index (κ1) is 19.6. The molecule has 142 valence electrons. The van der Waals surface area contributed by atoms with Gasteiger partial charge in [-0.15, -0.1) is 0 Å². The molecule has 7 heteroatoms. The molecule has 0 saturated heterocycles. The van der Waals surface area contributed by atoms with Crippen LogP contribution in [-0.4, -0.2) is 44.0 Å². The van der Waals surface area contributed by atoms with Crippen LogP contribution < -0.4 is 14.4 Å². The molecule has 0 N–H and O–H groups in total. The van der Waals surface area contributed by atoms with Gasteiger partial charge in [0.2, 0.25) is 0 Å². The lowest BCUT2D eigenvalue weighted by Gasteiger charge is -2.27. The molecule has 1 aliphatic rings. The maximum absolute atomic E-state index is 13.1. The summed E-state index contributed by atoms with van der Waals surface area (Å²) in [6, 6.07) is 12.6. The average Bonchev–Trinajstić information content (AvgIpc) is 2.72. The van der Waals surface area contributed by atoms with E-state index in [1.807, 2.05) is 29.2 Å². The van der Waals surface area contributed by atoms with Crippen LogP contribution in [-0.2, 0) is 0 Å². The van der Waals surface area contributed by atoms with Crippen molar-refractivity contribution in [3.05, 3.63) is 53.1 Å². The van der Waals surface area contributed by atoms with Crippen LogP contribution in [0.4, 0.5) is 5.69 Å². The first-order chi connectivity index (χ1) is 13.1. The number of anilines is 1. The van der Waals surface area contributed by atoms with Gasteiger partial charge in [0.1, 0.15) is 11.5 Å². The van der Waals surface area contributed by atoms with Crippen molar-refractivity contribution in [2.45, 2.75) is 6.42 Å². The lowest BCUT2D eigenvalue weighted by Crippen LogP contribution is -2.35. The molecule has 27 heavy (non-hydrogen) atoms. The fraction of sp³-hybridized carbons (Fsp3) is 0.300. The van der Waals surface area contributed by atoms with E-state index in [1.54, 1.807) is 44.2 Å². The van der Waals surface area contributed by atoms with Crippen molar-refractivity contribution in [1.29, 1.82) is 0 Å². The van der Waals surface area contributed by atoms with E-state index in [2.05, 4.69) is 4.99 Å². The van der Waals surface area contributed by atoms with Gasteiger partial charge in [0.05, 0.1) is 26.3 Å². The average molecular weight is 405 g/mol. The van der Waals surface area contributed by atoms with Gasteiger partial charge in [0.15, 0.2) is 11.0 Å². The normalized spacial score (nSPS) is 13.7. The molecule has 0 aliphatic carbocycles. The number of aliphatic imine (C=N–C) groups is 1. The number of halogens is 1. The minimum atomic E-state index is -0.0745. The van der Waals surface area contributed by atoms with Gasteiger partial charge < -0.3 is 14.4 Å². The number of hydrogen-bond acceptors (Lipinski definition) is 6. The van der Waals surface area contributed by atoms with Crippen molar-refractivity contribution in [1.82, 2.24) is 0 Å². The number of ketones is 1. The third-order valence-corrected chi connectivity index (χ3v) is 5.51. The summed E-state index contributed by atoms with van der Waals surface area (Å²) < 4.78 is 10.6. The van der Waals surface area contributed by atoms with E-state index in [9.17, 15) is 4.79 Å². The monoisotopic (exact) mass is 404 g/mol. The predicted molar refractivity (Wildman–Crippen MR) is 112 cm³/mol. The van der Waals surface area contributed by atoms with E-state index in [4.69, 9.17) is 21.1 Å². The molecule has 3 rings (SSSR count). The molecule has 0 fully saturated rings. The van der Waals surface area contributed by atoms with Crippen LogP contribution in [0.3, 0.4) is 0 Å². The van der Waals surface area contributed by atoms with Gasteiger partial charge in [0.25, 0.3) is 0 Å². The molecular weight excluding hydrogens is 384 g/mol. The molecule has 0 amide bonds. The molecule has 0 spiro atoms. The highest BCUT2D eigenvalue weighted by Gasteiger charge is 2.22. The summed E-state index contributed by atoms with van der Waals surface area (Å²) in [5, 5.41) is 1.50. The van der Waals surface area contributed by atoms with Crippen molar-refractivity contribution < 1.29 is 14.3 Å². The summed E-state index contributed by atoms with van der Waals surface area (Å²) in [6.07, 6.45) is 1.04. The second-order valence-corrected chi connectivity index (χ2v) is 7.42. The molecule has 0 aromatic heterocycles. The van der Waals surface area contributed by atoms with E-state index in [0.29, 0.717) is 22.1 Å². The van der Waals surface area contributed by atoms with Gasteiger partial charge in [-0.05, 0) is 48.9 Å². The number of amidine groups is 1. The van der Waals surface area contributed by atoms with Crippen LogP contribution in [0, 0.1) is 0 Å². The Morgan fingerprint density at radius 1 is 1.19 bits per heavy atom. The summed E-state index contributed by atoms with van der Waals surface area (Å²) in [5.74, 6) is 2.05. The summed E-state index contributed by atoms with van der Waals surface area (Å²) in [4.78, 5) is 19.7. The molecule has 1 aliphatic heterocycles. The van der Waals surface area contributed by atoms with Crippen molar-refractivity contribution in [3.8, 4) is 11.5 Å². The SMILES string of the molecule is COc1ccc(OC)c(C(=O)CN(C2=NCCCS2)c2ccc(Cl)cc2)c1. The quantitative estimate of drug-likeness (QED) is 0.661. The van der Waals surface area contributed by atoms with Crippen LogP contribution in [0.5, 0.6) is 11.5 Å². The zero-order valence-electron chi connectivity index (χ0n) is 15.3. The van der Waals surface area contributed by atoms with Gasteiger partial charge in [-0.2, -0.15) is 0 Å². The highest BCUT2D eigenvalue weighted by molar-refractivity contribution is 8.14. The molecule has 0 unspecified atom stereocenters. The Morgan fingerprint density at radius 2 is 1.96 bits per heavy atom. The molecule has 0 atom stereocenters. The van der Waals surface area contributed by atoms with Crippen LogP contribution in [0.25, 0.3) is 0 Å². The van der Waals surface area contributed by atoms with E-state index in [0.717, 1.165) is 29.6 Å². The largest absolute Gasteiger partial charge is 0.497 e. The maximum atomic E-state index is 13.1. The number of methoxy groups -OCH3 is 2. The van der Waals surface area contributed by atoms with Gasteiger partial charge >= 0.3 is 0 Å². The lowest BCUT2D eigenvalue weighted by molar-refractivity contribution is 0.0999. The molecule has 2 aromatic carbocycles. The lowest BCUT2D eigenvalue weighted by atomic mass is 10.1. The first-order valence-electron chi connectivity index (χ1n) is 8.58. The minimum Gasteiger partial charge on any atom is -0.497 e. The summed E-state index contributed by atoms with van der Waals surface area (Å²) in [5.41, 5.74) is 1.36. The molecule has 2 aromatic rings. The number of thioether (sulfide) groups is 1. The number of Topliss-reactive ketones (excluding diaryl/α,β-unsaturated/α-hetero) is 1. The van der Waals surface area contributed by atoms with E-state index < -0.39 is 0 Å². The highest BCUT2D eigenvalue weighted by Crippen LogP contribution is 2.28. The first-order valence-corrected chi connectivity index (χ1v) is 9.94. The summed E-state index contributed by atoms with van der Waals surface area (Å²) in [7, 11) is 3.13. The van der Waals surface area contributed by atoms with E-state index in [1.165, 1.54) is 0 Å². The Balaban J connectivity index is 1.93. The number of hydrogen-bond donors (Lipinski definition) is 0. The molecule has 5 nitrogen and oxygen atoms in total. The standard InChI is InChI=1S/C20H21ClN2O3S/c1-25-16-8-9-19(26-2)17(12-16)18(24)13-23(20-22-10-3-11-27-20)15-6-4-14(21)5-7-15/h4-9,12H,3,10-11,13H2,1-2H3. The van der Waals surface area contributed by atoms with Crippen LogP contribution >= 0.6 is 23.4 Å². The molecule has 0 radical (unpaired) electrons. The fourth-order valence-electron chi connectivity index (χ4n) is 2.76. The number of carbonyl (C=O) groups is 1. The van der Waals surface area contributed by atoms with Crippen molar-refractivity contribution in [2.75, 3.05) is 38.0 Å². The van der Waals surface area contributed by atoms with Gasteiger partial charge in [-0.25, -0.2) is 0 Å². The Labute approximate surface area is 168 Å². The Bertz CT molecular complexity index is 840. The Hall–Kier alpha value is -2.18. The van der Waals surface area contributed by atoms with Gasteiger partial charge in [0, 0.05) is 23.0 Å². The van der Waals surface area contributed by atoms with Crippen LogP contribution in [0.1, 0.15) is 16.8 Å². The third-order valence-electron chi connectivity index (χ3n) is 4.16. The zero-order chi connectivity index (χ0) is 19.2. The van der Waals surface area contributed by atoms with Crippen LogP contribution in [0.2, 0.25) is 5.02 Å². The maximum Gasteiger partial charge on any atom is 0.186 e. The van der Waals surface area contributed by atoms with Gasteiger partial charge in [-0.3, -0.25) is 9.79 Å². The summed E-state index contributed by atoms with van der Waals surface area (Å²) >= 11 is 7.69. The molecule has 1 heterocycles. The number of nitrogens with zero attached hydrogens (tertiary/aromatic N) is 2. The fourth-order valence-corrected chi connectivity index (χ4v) is 3.85. The topological polar surface area (TPSA) is 51.1 Å². The Morgan fingerprint density at radius 3 is 2.59 bits per heavy atom.